The molecule has 0 amide bonds. The van der Waals surface area contributed by atoms with E-state index in [-0.39, 0.29) is 0 Å². The topological polar surface area (TPSA) is 84.7 Å². The average Bonchev–Trinajstić information content (AvgIpc) is 3.01. The lowest BCUT2D eigenvalue weighted by molar-refractivity contribution is 0.244. The molecular weight excluding hydrogens is 254 g/mol. The molecular formula is C13H15N7. The summed E-state index contributed by atoms with van der Waals surface area (Å²) in [4.78, 5) is 13.0. The van der Waals surface area contributed by atoms with Gasteiger partial charge in [0.15, 0.2) is 0 Å². The molecule has 1 aliphatic heterocycles. The minimum atomic E-state index is 0.652. The summed E-state index contributed by atoms with van der Waals surface area (Å²) in [7, 11) is 0. The molecule has 0 atom stereocenters. The highest BCUT2D eigenvalue weighted by atomic mass is 15.3. The van der Waals surface area contributed by atoms with E-state index in [0.717, 1.165) is 44.4 Å². The summed E-state index contributed by atoms with van der Waals surface area (Å²) in [5.41, 5.74) is 0.652. The van der Waals surface area contributed by atoms with Crippen LogP contribution in [0.4, 0.5) is 5.82 Å². The number of aromatic nitrogens is 4. The molecule has 7 heteroatoms. The molecule has 2 aromatic heterocycles. The van der Waals surface area contributed by atoms with Crippen LogP contribution < -0.4 is 4.90 Å². The van der Waals surface area contributed by atoms with E-state index in [4.69, 9.17) is 5.26 Å². The highest BCUT2D eigenvalue weighted by Gasteiger charge is 2.18. The van der Waals surface area contributed by atoms with Gasteiger partial charge in [0, 0.05) is 32.4 Å². The van der Waals surface area contributed by atoms with Crippen LogP contribution in [-0.4, -0.2) is 51.2 Å². The maximum absolute atomic E-state index is 8.93. The summed E-state index contributed by atoms with van der Waals surface area (Å²) < 4.78 is 0. The standard InChI is InChI=1S/C13H15N7/c14-8-11-1-2-15-13(7-11)20-5-3-19(4-6-20)9-12-16-10-17-18-12/h1-2,7,10H,3-6,9H2,(H,16,17,18). The summed E-state index contributed by atoms with van der Waals surface area (Å²) in [6.45, 7) is 4.48. The van der Waals surface area contributed by atoms with Crippen LogP contribution in [-0.2, 0) is 6.54 Å². The number of nitrogens with one attached hydrogen (secondary N) is 1. The van der Waals surface area contributed by atoms with Crippen LogP contribution in [0.15, 0.2) is 24.7 Å². The Bertz CT molecular complexity index is 593. The Kier molecular flexibility index (Phi) is 3.56. The van der Waals surface area contributed by atoms with Crippen LogP contribution >= 0.6 is 0 Å². The molecule has 102 valence electrons. The largest absolute Gasteiger partial charge is 0.354 e. The molecule has 0 saturated carbocycles. The molecule has 3 rings (SSSR count). The van der Waals surface area contributed by atoms with Gasteiger partial charge in [-0.3, -0.25) is 10.00 Å². The fraction of sp³-hybridized carbons (Fsp3) is 0.385. The maximum Gasteiger partial charge on any atom is 0.138 e. The first-order valence-corrected chi connectivity index (χ1v) is 6.53. The van der Waals surface area contributed by atoms with Crippen molar-refractivity contribution in [2.24, 2.45) is 0 Å². The monoisotopic (exact) mass is 269 g/mol. The summed E-state index contributed by atoms with van der Waals surface area (Å²) in [6.07, 6.45) is 3.22. The highest BCUT2D eigenvalue weighted by molar-refractivity contribution is 5.45. The average molecular weight is 269 g/mol. The number of nitrogens with zero attached hydrogens (tertiary/aromatic N) is 6. The van der Waals surface area contributed by atoms with Gasteiger partial charge in [-0.15, -0.1) is 0 Å². The lowest BCUT2D eigenvalue weighted by atomic mass is 10.2. The van der Waals surface area contributed by atoms with Crippen molar-refractivity contribution in [2.75, 3.05) is 31.1 Å². The maximum atomic E-state index is 8.93. The number of piperazine rings is 1. The van der Waals surface area contributed by atoms with Gasteiger partial charge in [0.25, 0.3) is 0 Å². The first-order valence-electron chi connectivity index (χ1n) is 6.53. The third-order valence-electron chi connectivity index (χ3n) is 3.41. The number of hydrogen-bond donors (Lipinski definition) is 1. The number of pyridine rings is 1. The molecule has 1 saturated heterocycles. The van der Waals surface area contributed by atoms with E-state index in [1.54, 1.807) is 12.3 Å². The molecule has 0 spiro atoms. The summed E-state index contributed by atoms with van der Waals surface area (Å²) >= 11 is 0. The zero-order valence-corrected chi connectivity index (χ0v) is 11.0. The van der Waals surface area contributed by atoms with Crippen LogP contribution in [0.3, 0.4) is 0 Å². The van der Waals surface area contributed by atoms with Crippen molar-refractivity contribution in [2.45, 2.75) is 6.54 Å². The molecule has 3 heterocycles. The van der Waals surface area contributed by atoms with Gasteiger partial charge in [-0.2, -0.15) is 10.4 Å². The molecule has 1 fully saturated rings. The Morgan fingerprint density at radius 3 is 2.80 bits per heavy atom. The van der Waals surface area contributed by atoms with Crippen molar-refractivity contribution in [1.29, 1.82) is 5.26 Å². The molecule has 1 aliphatic rings. The van der Waals surface area contributed by atoms with E-state index in [1.807, 2.05) is 6.07 Å². The van der Waals surface area contributed by atoms with E-state index >= 15 is 0 Å². The van der Waals surface area contributed by atoms with Gasteiger partial charge >= 0.3 is 0 Å². The van der Waals surface area contributed by atoms with Crippen LogP contribution in [0, 0.1) is 11.3 Å². The van der Waals surface area contributed by atoms with E-state index < -0.39 is 0 Å². The second kappa shape index (κ2) is 5.67. The van der Waals surface area contributed by atoms with E-state index in [9.17, 15) is 0 Å². The lowest BCUT2D eigenvalue weighted by Crippen LogP contribution is -2.46. The van der Waals surface area contributed by atoms with E-state index in [1.165, 1.54) is 6.33 Å². The number of hydrogen-bond acceptors (Lipinski definition) is 6. The second-order valence-corrected chi connectivity index (χ2v) is 4.71. The van der Waals surface area contributed by atoms with Gasteiger partial charge in [0.2, 0.25) is 0 Å². The highest BCUT2D eigenvalue weighted by Crippen LogP contribution is 2.15. The number of nitriles is 1. The number of anilines is 1. The fourth-order valence-corrected chi connectivity index (χ4v) is 2.31. The van der Waals surface area contributed by atoms with Gasteiger partial charge in [-0.25, -0.2) is 9.97 Å². The Morgan fingerprint density at radius 1 is 1.25 bits per heavy atom. The predicted octanol–water partition coefficient (Wildman–Crippen LogP) is 0.394. The zero-order chi connectivity index (χ0) is 13.8. The molecule has 20 heavy (non-hydrogen) atoms. The quantitative estimate of drug-likeness (QED) is 0.868. The first kappa shape index (κ1) is 12.6. The van der Waals surface area contributed by atoms with Crippen molar-refractivity contribution in [3.05, 3.63) is 36.0 Å². The molecule has 0 unspecified atom stereocenters. The SMILES string of the molecule is N#Cc1ccnc(N2CCN(Cc3ncn[nH]3)CC2)c1. The van der Waals surface area contributed by atoms with Crippen LogP contribution in [0.2, 0.25) is 0 Å². The van der Waals surface area contributed by atoms with Crippen LogP contribution in [0.25, 0.3) is 0 Å². The molecule has 0 radical (unpaired) electrons. The van der Waals surface area contributed by atoms with Gasteiger partial charge in [-0.05, 0) is 12.1 Å². The molecule has 0 aliphatic carbocycles. The fourth-order valence-electron chi connectivity index (χ4n) is 2.31. The van der Waals surface area contributed by atoms with Gasteiger partial charge in [-0.1, -0.05) is 0 Å². The first-order chi connectivity index (χ1) is 9.85. The zero-order valence-electron chi connectivity index (χ0n) is 11.0. The Morgan fingerprint density at radius 2 is 2.10 bits per heavy atom. The van der Waals surface area contributed by atoms with Crippen molar-refractivity contribution < 1.29 is 0 Å². The summed E-state index contributed by atoms with van der Waals surface area (Å²) in [5, 5.41) is 15.7. The van der Waals surface area contributed by atoms with Crippen LogP contribution in [0.1, 0.15) is 11.4 Å². The normalized spacial score (nSPS) is 16.1. The predicted molar refractivity (Wildman–Crippen MR) is 72.8 cm³/mol. The summed E-state index contributed by atoms with van der Waals surface area (Å²) in [5.74, 6) is 1.77. The van der Waals surface area contributed by atoms with Crippen molar-refractivity contribution in [3.8, 4) is 6.07 Å². The Balaban J connectivity index is 1.59. The van der Waals surface area contributed by atoms with Gasteiger partial charge < -0.3 is 4.90 Å². The van der Waals surface area contributed by atoms with Crippen molar-refractivity contribution in [1.82, 2.24) is 25.1 Å². The number of aromatic amines is 1. The minimum absolute atomic E-state index is 0.652. The van der Waals surface area contributed by atoms with E-state index in [0.29, 0.717) is 5.56 Å². The Hall–Kier alpha value is -2.46. The second-order valence-electron chi connectivity index (χ2n) is 4.71. The molecule has 0 aromatic carbocycles. The number of rotatable bonds is 3. The smallest absolute Gasteiger partial charge is 0.138 e. The minimum Gasteiger partial charge on any atom is -0.354 e. The molecule has 7 nitrogen and oxygen atoms in total. The summed E-state index contributed by atoms with van der Waals surface area (Å²) in [6, 6.07) is 5.71. The van der Waals surface area contributed by atoms with Gasteiger partial charge in [0.1, 0.15) is 18.0 Å². The molecule has 2 aromatic rings. The van der Waals surface area contributed by atoms with Crippen LogP contribution in [0.5, 0.6) is 0 Å². The number of H-pyrrole nitrogens is 1. The Labute approximate surface area is 116 Å². The van der Waals surface area contributed by atoms with Crippen molar-refractivity contribution >= 4 is 5.82 Å². The van der Waals surface area contributed by atoms with Crippen molar-refractivity contribution in [3.63, 3.8) is 0 Å². The lowest BCUT2D eigenvalue weighted by Gasteiger charge is -2.34. The third kappa shape index (κ3) is 2.75. The van der Waals surface area contributed by atoms with E-state index in [2.05, 4.69) is 36.0 Å². The molecule has 1 N–H and O–H groups in total. The third-order valence-corrected chi connectivity index (χ3v) is 3.41. The van der Waals surface area contributed by atoms with Gasteiger partial charge in [0.05, 0.1) is 18.2 Å². The molecule has 0 bridgehead atoms.